The third kappa shape index (κ3) is 5.23. The van der Waals surface area contributed by atoms with E-state index in [1.807, 2.05) is 36.4 Å². The molecular weight excluding hydrogens is 320 g/mol. The average molecular weight is 336 g/mol. The van der Waals surface area contributed by atoms with Crippen LogP contribution in [-0.4, -0.2) is 17.3 Å². The summed E-state index contributed by atoms with van der Waals surface area (Å²) < 4.78 is 10.3. The number of furan rings is 1. The number of hydrazine groups is 1. The molecule has 0 aliphatic rings. The Bertz CT molecular complexity index is 632. The minimum absolute atomic E-state index is 0.385. The van der Waals surface area contributed by atoms with Crippen LogP contribution in [0.4, 0.5) is 5.69 Å². The van der Waals surface area contributed by atoms with Crippen molar-refractivity contribution >= 4 is 40.3 Å². The number of hydrogen-bond donors (Lipinski definition) is 4. The van der Waals surface area contributed by atoms with E-state index in [0.717, 1.165) is 17.2 Å². The molecule has 2 rings (SSSR count). The molecule has 0 aliphatic heterocycles. The first-order valence-corrected chi connectivity index (χ1v) is 7.26. The van der Waals surface area contributed by atoms with E-state index in [0.29, 0.717) is 16.8 Å². The van der Waals surface area contributed by atoms with Gasteiger partial charge in [-0.25, -0.2) is 0 Å². The maximum Gasteiger partial charge on any atom is 0.189 e. The summed E-state index contributed by atoms with van der Waals surface area (Å²) in [5, 5.41) is 6.79. The van der Waals surface area contributed by atoms with E-state index in [1.54, 1.807) is 13.4 Å². The molecule has 1 aromatic carbocycles. The van der Waals surface area contributed by atoms with Gasteiger partial charge in [-0.2, -0.15) is 0 Å². The Morgan fingerprint density at radius 2 is 1.95 bits per heavy atom. The molecule has 0 aliphatic carbocycles. The summed E-state index contributed by atoms with van der Waals surface area (Å²) in [6, 6.07) is 11.1. The molecule has 8 heteroatoms. The Balaban J connectivity index is 1.71. The normalized spacial score (nSPS) is 9.68. The van der Waals surface area contributed by atoms with Gasteiger partial charge in [0.05, 0.1) is 19.9 Å². The summed E-state index contributed by atoms with van der Waals surface area (Å²) in [7, 11) is 1.61. The topological polar surface area (TPSA) is 70.5 Å². The number of thiocarbonyl (C=S) groups is 2. The van der Waals surface area contributed by atoms with Crippen LogP contribution in [0.5, 0.6) is 5.75 Å². The van der Waals surface area contributed by atoms with Crippen molar-refractivity contribution in [3.8, 4) is 5.75 Å². The molecule has 22 heavy (non-hydrogen) atoms. The van der Waals surface area contributed by atoms with Gasteiger partial charge in [-0.3, -0.25) is 10.9 Å². The van der Waals surface area contributed by atoms with Crippen molar-refractivity contribution in [3.05, 3.63) is 48.4 Å². The lowest BCUT2D eigenvalue weighted by molar-refractivity contribution is 0.415. The maximum atomic E-state index is 5.19. The Morgan fingerprint density at radius 3 is 2.68 bits per heavy atom. The van der Waals surface area contributed by atoms with Gasteiger partial charge in [-0.15, -0.1) is 0 Å². The molecule has 6 nitrogen and oxygen atoms in total. The van der Waals surface area contributed by atoms with E-state index < -0.39 is 0 Å². The molecule has 0 bridgehead atoms. The van der Waals surface area contributed by atoms with E-state index in [-0.39, 0.29) is 0 Å². The number of benzene rings is 1. The van der Waals surface area contributed by atoms with Gasteiger partial charge in [0.2, 0.25) is 0 Å². The van der Waals surface area contributed by atoms with Crippen molar-refractivity contribution in [3.63, 3.8) is 0 Å². The second kappa shape index (κ2) is 8.20. The van der Waals surface area contributed by atoms with E-state index in [4.69, 9.17) is 33.6 Å². The Kier molecular flexibility index (Phi) is 5.99. The minimum Gasteiger partial charge on any atom is -0.497 e. The summed E-state index contributed by atoms with van der Waals surface area (Å²) in [6.45, 7) is 0.497. The van der Waals surface area contributed by atoms with Crippen LogP contribution < -0.4 is 26.2 Å². The number of anilines is 1. The summed E-state index contributed by atoms with van der Waals surface area (Å²) in [5.74, 6) is 1.54. The van der Waals surface area contributed by atoms with Crippen molar-refractivity contribution in [1.82, 2.24) is 16.2 Å². The highest BCUT2D eigenvalue weighted by atomic mass is 32.1. The van der Waals surface area contributed by atoms with E-state index in [9.17, 15) is 0 Å². The first-order chi connectivity index (χ1) is 10.7. The van der Waals surface area contributed by atoms with E-state index >= 15 is 0 Å². The molecule has 1 aromatic heterocycles. The number of rotatable bonds is 4. The summed E-state index contributed by atoms with van der Waals surface area (Å²) in [4.78, 5) is 0. The van der Waals surface area contributed by atoms with Crippen LogP contribution in [0.1, 0.15) is 5.76 Å². The fourth-order valence-electron chi connectivity index (χ4n) is 1.60. The summed E-state index contributed by atoms with van der Waals surface area (Å²) >= 11 is 10.3. The predicted octanol–water partition coefficient (Wildman–Crippen LogP) is 2.15. The molecule has 0 spiro atoms. The van der Waals surface area contributed by atoms with Gasteiger partial charge in [0.15, 0.2) is 10.2 Å². The minimum atomic E-state index is 0.385. The van der Waals surface area contributed by atoms with Gasteiger partial charge in [0.1, 0.15) is 11.5 Å². The molecule has 0 amide bonds. The highest BCUT2D eigenvalue weighted by molar-refractivity contribution is 7.80. The smallest absolute Gasteiger partial charge is 0.189 e. The van der Waals surface area contributed by atoms with Gasteiger partial charge >= 0.3 is 0 Å². The van der Waals surface area contributed by atoms with Gasteiger partial charge in [0, 0.05) is 11.8 Å². The van der Waals surface area contributed by atoms with Crippen LogP contribution >= 0.6 is 24.4 Å². The molecule has 0 radical (unpaired) electrons. The number of methoxy groups -OCH3 is 1. The molecule has 116 valence electrons. The number of nitrogens with one attached hydrogen (secondary N) is 4. The molecule has 0 fully saturated rings. The van der Waals surface area contributed by atoms with Crippen LogP contribution in [0.3, 0.4) is 0 Å². The zero-order valence-electron chi connectivity index (χ0n) is 11.9. The first kappa shape index (κ1) is 16.1. The predicted molar refractivity (Wildman–Crippen MR) is 93.6 cm³/mol. The van der Waals surface area contributed by atoms with Crippen LogP contribution in [-0.2, 0) is 6.54 Å². The third-order valence-electron chi connectivity index (χ3n) is 2.62. The van der Waals surface area contributed by atoms with Gasteiger partial charge in [-0.05, 0) is 48.7 Å². The molecule has 1 heterocycles. The first-order valence-electron chi connectivity index (χ1n) is 6.44. The van der Waals surface area contributed by atoms with Crippen LogP contribution in [0, 0.1) is 0 Å². The Labute approximate surface area is 139 Å². The molecule has 4 N–H and O–H groups in total. The van der Waals surface area contributed by atoms with Crippen molar-refractivity contribution in [2.24, 2.45) is 0 Å². The van der Waals surface area contributed by atoms with Crippen molar-refractivity contribution in [1.29, 1.82) is 0 Å². The number of ether oxygens (including phenoxy) is 1. The SMILES string of the molecule is COc1cccc(NC(=S)NNC(=S)NCc2ccco2)c1. The lowest BCUT2D eigenvalue weighted by Gasteiger charge is -2.14. The van der Waals surface area contributed by atoms with Gasteiger partial charge < -0.3 is 19.8 Å². The lowest BCUT2D eigenvalue weighted by Crippen LogP contribution is -2.47. The maximum absolute atomic E-state index is 5.19. The zero-order chi connectivity index (χ0) is 15.8. The lowest BCUT2D eigenvalue weighted by atomic mass is 10.3. The average Bonchev–Trinajstić information content (AvgIpc) is 3.04. The van der Waals surface area contributed by atoms with E-state index in [2.05, 4.69) is 21.5 Å². The van der Waals surface area contributed by atoms with Crippen molar-refractivity contribution in [2.75, 3.05) is 12.4 Å². The Morgan fingerprint density at radius 1 is 1.14 bits per heavy atom. The highest BCUT2D eigenvalue weighted by Crippen LogP contribution is 2.16. The van der Waals surface area contributed by atoms with E-state index in [1.165, 1.54) is 0 Å². The third-order valence-corrected chi connectivity index (χ3v) is 3.07. The fraction of sp³-hybridized carbons (Fsp3) is 0.143. The molecule has 0 saturated carbocycles. The van der Waals surface area contributed by atoms with Crippen LogP contribution in [0.25, 0.3) is 0 Å². The Hall–Kier alpha value is -2.32. The molecule has 0 saturated heterocycles. The molecule has 0 atom stereocenters. The number of hydrogen-bond acceptors (Lipinski definition) is 4. The largest absolute Gasteiger partial charge is 0.497 e. The van der Waals surface area contributed by atoms with Gasteiger partial charge in [0.25, 0.3) is 0 Å². The zero-order valence-corrected chi connectivity index (χ0v) is 13.5. The van der Waals surface area contributed by atoms with Crippen molar-refractivity contribution < 1.29 is 9.15 Å². The fourth-order valence-corrected chi connectivity index (χ4v) is 1.89. The molecular formula is C14H16N4O2S2. The van der Waals surface area contributed by atoms with Gasteiger partial charge in [-0.1, -0.05) is 6.07 Å². The quantitative estimate of drug-likeness (QED) is 0.500. The van der Waals surface area contributed by atoms with Crippen LogP contribution in [0.2, 0.25) is 0 Å². The van der Waals surface area contributed by atoms with Crippen LogP contribution in [0.15, 0.2) is 47.1 Å². The van der Waals surface area contributed by atoms with Crippen molar-refractivity contribution in [2.45, 2.75) is 6.54 Å². The second-order valence-corrected chi connectivity index (χ2v) is 5.01. The summed E-state index contributed by atoms with van der Waals surface area (Å²) in [5.41, 5.74) is 6.39. The molecule has 2 aromatic rings. The monoisotopic (exact) mass is 336 g/mol. The molecule has 0 unspecified atom stereocenters. The second-order valence-electron chi connectivity index (χ2n) is 4.20. The summed E-state index contributed by atoms with van der Waals surface area (Å²) in [6.07, 6.45) is 1.61. The standard InChI is InChI=1S/C14H16N4O2S2/c1-19-11-5-2-4-10(8-11)16-14(22)18-17-13(21)15-9-12-6-3-7-20-12/h2-8H,9H2,1H3,(H2,15,17,21)(H2,16,18,22). The highest BCUT2D eigenvalue weighted by Gasteiger charge is 2.01.